The minimum absolute atomic E-state index is 0.0538. The topological polar surface area (TPSA) is 46.6 Å². The first-order chi connectivity index (χ1) is 16.8. The van der Waals surface area contributed by atoms with Gasteiger partial charge in [0.1, 0.15) is 5.75 Å². The highest BCUT2D eigenvalue weighted by Gasteiger charge is 2.38. The van der Waals surface area contributed by atoms with Gasteiger partial charge in [-0.3, -0.25) is 0 Å². The van der Waals surface area contributed by atoms with Gasteiger partial charge in [-0.1, -0.05) is 6.07 Å². The first-order valence-electron chi connectivity index (χ1n) is 11.7. The molecule has 7 nitrogen and oxygen atoms in total. The molecule has 6 rings (SSSR count). The number of piperazine rings is 1. The summed E-state index contributed by atoms with van der Waals surface area (Å²) in [4.78, 5) is 8.63. The van der Waals surface area contributed by atoms with Crippen LogP contribution in [0.25, 0.3) is 11.8 Å². The summed E-state index contributed by atoms with van der Waals surface area (Å²) in [6, 6.07) is 8.20. The lowest BCUT2D eigenvalue weighted by Crippen LogP contribution is -2.48. The van der Waals surface area contributed by atoms with Crippen molar-refractivity contribution in [1.29, 1.82) is 0 Å². The van der Waals surface area contributed by atoms with E-state index in [1.54, 1.807) is 7.11 Å². The number of anilines is 1. The normalized spacial score (nSPS) is 21.3. The lowest BCUT2D eigenvalue weighted by atomic mass is 9.86. The molecule has 4 aliphatic heterocycles. The molecule has 186 valence electrons. The average Bonchev–Trinajstić information content (AvgIpc) is 3.29. The van der Waals surface area contributed by atoms with Gasteiger partial charge < -0.3 is 24.0 Å². The summed E-state index contributed by atoms with van der Waals surface area (Å²) in [7, 11) is 1.63. The van der Waals surface area contributed by atoms with Crippen molar-refractivity contribution in [2.75, 3.05) is 51.5 Å². The molecule has 10 heteroatoms. The number of fused-ring (bicyclic) bond motifs is 5. The van der Waals surface area contributed by atoms with Gasteiger partial charge in [0.2, 0.25) is 6.79 Å². The second-order valence-corrected chi connectivity index (χ2v) is 9.08. The Morgan fingerprint density at radius 3 is 2.46 bits per heavy atom. The number of hydrogen-bond donors (Lipinski definition) is 0. The second kappa shape index (κ2) is 8.23. The third-order valence-electron chi connectivity index (χ3n) is 7.20. The summed E-state index contributed by atoms with van der Waals surface area (Å²) < 4.78 is 54.9. The standard InChI is InChI=1S/C25H26F3N3O4/c1-15-23-17(11-19-18-13-22-21(33-14-34-22)12-16(18)5-6-31(15)19)3-4-20(32-2)24(23)29-7-9-30(10-8-29)35-25(26,27)28/h3-4,11-13,15H,5-10,14H2,1-2H3/t15-/m0/s1. The maximum atomic E-state index is 12.7. The smallest absolute Gasteiger partial charge is 0.495 e. The van der Waals surface area contributed by atoms with Gasteiger partial charge in [0.25, 0.3) is 0 Å². The van der Waals surface area contributed by atoms with Crippen LogP contribution in [0.3, 0.4) is 0 Å². The molecule has 0 aliphatic carbocycles. The molecule has 1 saturated heterocycles. The van der Waals surface area contributed by atoms with Crippen LogP contribution in [-0.4, -0.2) is 63.0 Å². The van der Waals surface area contributed by atoms with Gasteiger partial charge in [0.05, 0.1) is 18.8 Å². The van der Waals surface area contributed by atoms with Gasteiger partial charge in [-0.2, -0.15) is 5.06 Å². The maximum Gasteiger partial charge on any atom is 0.539 e. The molecule has 2 aromatic carbocycles. The Bertz CT molecular complexity index is 1190. The lowest BCUT2D eigenvalue weighted by molar-refractivity contribution is -0.414. The third-order valence-corrected chi connectivity index (χ3v) is 7.20. The van der Waals surface area contributed by atoms with Crippen LogP contribution < -0.4 is 19.1 Å². The number of hydroxylamine groups is 2. The number of alkyl halides is 3. The Morgan fingerprint density at radius 1 is 1.00 bits per heavy atom. The van der Waals surface area contributed by atoms with E-state index in [9.17, 15) is 13.2 Å². The van der Waals surface area contributed by atoms with E-state index >= 15 is 0 Å². The van der Waals surface area contributed by atoms with Crippen molar-refractivity contribution in [3.63, 3.8) is 0 Å². The molecule has 0 N–H and O–H groups in total. The van der Waals surface area contributed by atoms with Crippen molar-refractivity contribution in [2.45, 2.75) is 25.7 Å². The number of ether oxygens (including phenoxy) is 3. The molecular formula is C25H26F3N3O4. The fourth-order valence-electron chi connectivity index (χ4n) is 5.62. The Kier molecular flexibility index (Phi) is 5.26. The van der Waals surface area contributed by atoms with E-state index in [0.29, 0.717) is 13.1 Å². The average molecular weight is 489 g/mol. The van der Waals surface area contributed by atoms with Crippen molar-refractivity contribution in [2.24, 2.45) is 0 Å². The Labute approximate surface area is 201 Å². The number of benzene rings is 2. The van der Waals surface area contributed by atoms with Gasteiger partial charge in [-0.25, -0.2) is 4.84 Å². The number of rotatable bonds is 3. The zero-order chi connectivity index (χ0) is 24.3. The van der Waals surface area contributed by atoms with Gasteiger partial charge >= 0.3 is 6.36 Å². The largest absolute Gasteiger partial charge is 0.539 e. The molecular weight excluding hydrogens is 463 g/mol. The molecule has 1 fully saturated rings. The van der Waals surface area contributed by atoms with Gasteiger partial charge in [-0.05, 0) is 48.7 Å². The first-order valence-corrected chi connectivity index (χ1v) is 11.7. The van der Waals surface area contributed by atoms with Crippen LogP contribution in [0.5, 0.6) is 17.2 Å². The fraction of sp³-hybridized carbons (Fsp3) is 0.440. The fourth-order valence-corrected chi connectivity index (χ4v) is 5.62. The summed E-state index contributed by atoms with van der Waals surface area (Å²) in [6.45, 7) is 4.36. The van der Waals surface area contributed by atoms with Crippen LogP contribution in [0.4, 0.5) is 18.9 Å². The van der Waals surface area contributed by atoms with Gasteiger partial charge in [0.15, 0.2) is 11.5 Å². The van der Waals surface area contributed by atoms with Crippen molar-refractivity contribution in [1.82, 2.24) is 9.96 Å². The molecule has 0 amide bonds. The summed E-state index contributed by atoms with van der Waals surface area (Å²) in [5.74, 6) is 2.28. The number of hydrogen-bond acceptors (Lipinski definition) is 7. The molecule has 0 aromatic heterocycles. The van der Waals surface area contributed by atoms with Crippen LogP contribution >= 0.6 is 0 Å². The van der Waals surface area contributed by atoms with Crippen molar-refractivity contribution < 1.29 is 32.2 Å². The first kappa shape index (κ1) is 22.4. The summed E-state index contributed by atoms with van der Waals surface area (Å²) >= 11 is 0. The molecule has 35 heavy (non-hydrogen) atoms. The molecule has 1 atom stereocenters. The summed E-state index contributed by atoms with van der Waals surface area (Å²) in [6.07, 6.45) is -1.60. The molecule has 4 heterocycles. The molecule has 2 aromatic rings. The highest BCUT2D eigenvalue weighted by atomic mass is 19.4. The molecule has 0 unspecified atom stereocenters. The molecule has 0 saturated carbocycles. The zero-order valence-electron chi connectivity index (χ0n) is 19.5. The number of halogens is 3. The second-order valence-electron chi connectivity index (χ2n) is 9.08. The van der Waals surface area contributed by atoms with E-state index < -0.39 is 6.36 Å². The van der Waals surface area contributed by atoms with Crippen LogP contribution in [0.15, 0.2) is 24.3 Å². The number of nitrogens with zero attached hydrogens (tertiary/aromatic N) is 3. The summed E-state index contributed by atoms with van der Waals surface area (Å²) in [5.41, 5.74) is 6.68. The molecule has 0 spiro atoms. The maximum absolute atomic E-state index is 12.7. The van der Waals surface area contributed by atoms with Gasteiger partial charge in [0, 0.05) is 49.5 Å². The molecule has 4 aliphatic rings. The highest BCUT2D eigenvalue weighted by Crippen LogP contribution is 2.49. The Hall–Kier alpha value is -3.11. The van der Waals surface area contributed by atoms with E-state index in [2.05, 4.69) is 45.8 Å². The lowest BCUT2D eigenvalue weighted by Gasteiger charge is -2.44. The Morgan fingerprint density at radius 2 is 1.74 bits per heavy atom. The van der Waals surface area contributed by atoms with Crippen molar-refractivity contribution in [3.8, 4) is 17.2 Å². The van der Waals surface area contributed by atoms with E-state index in [0.717, 1.165) is 63.4 Å². The van der Waals surface area contributed by atoms with Crippen molar-refractivity contribution in [3.05, 3.63) is 46.5 Å². The third kappa shape index (κ3) is 3.84. The van der Waals surface area contributed by atoms with E-state index in [4.69, 9.17) is 14.2 Å². The van der Waals surface area contributed by atoms with Crippen LogP contribution in [0, 0.1) is 0 Å². The quantitative estimate of drug-likeness (QED) is 0.632. The van der Waals surface area contributed by atoms with Gasteiger partial charge in [-0.15, -0.1) is 13.2 Å². The predicted molar refractivity (Wildman–Crippen MR) is 123 cm³/mol. The molecule has 0 radical (unpaired) electrons. The highest BCUT2D eigenvalue weighted by molar-refractivity contribution is 5.89. The van der Waals surface area contributed by atoms with E-state index in [1.807, 2.05) is 6.07 Å². The monoisotopic (exact) mass is 489 g/mol. The minimum atomic E-state index is -4.68. The zero-order valence-corrected chi connectivity index (χ0v) is 19.5. The molecule has 0 bridgehead atoms. The minimum Gasteiger partial charge on any atom is -0.495 e. The SMILES string of the molecule is COc1ccc2c(c1N1CCN(OC(F)(F)F)CC1)[C@H](C)N1CCc3cc4c(cc3C1=C2)OCO4. The van der Waals surface area contributed by atoms with Crippen LogP contribution in [0.2, 0.25) is 0 Å². The van der Waals surface area contributed by atoms with E-state index in [1.165, 1.54) is 5.56 Å². The van der Waals surface area contributed by atoms with Crippen LogP contribution in [-0.2, 0) is 11.3 Å². The number of methoxy groups -OCH3 is 1. The van der Waals surface area contributed by atoms with Crippen molar-refractivity contribution >= 4 is 17.5 Å². The Balaban J connectivity index is 1.37. The summed E-state index contributed by atoms with van der Waals surface area (Å²) in [5, 5.41) is 0.978. The predicted octanol–water partition coefficient (Wildman–Crippen LogP) is 4.43. The van der Waals surface area contributed by atoms with E-state index in [-0.39, 0.29) is 25.9 Å². The van der Waals surface area contributed by atoms with Crippen LogP contribution in [0.1, 0.15) is 35.2 Å².